The van der Waals surface area contributed by atoms with Crippen molar-refractivity contribution in [3.8, 4) is 5.69 Å². The molecule has 4 heteroatoms. The predicted molar refractivity (Wildman–Crippen MR) is 213 cm³/mol. The van der Waals surface area contributed by atoms with Crippen molar-refractivity contribution in [2.24, 2.45) is 0 Å². The van der Waals surface area contributed by atoms with E-state index in [4.69, 9.17) is 4.42 Å². The minimum atomic E-state index is 0.872. The van der Waals surface area contributed by atoms with Gasteiger partial charge in [0.15, 0.2) is 0 Å². The Morgan fingerprint density at radius 2 is 1.18 bits per heavy atom. The maximum atomic E-state index is 6.46. The van der Waals surface area contributed by atoms with Gasteiger partial charge in [-0.25, -0.2) is 0 Å². The van der Waals surface area contributed by atoms with Crippen molar-refractivity contribution in [2.45, 2.75) is 0 Å². The Morgan fingerprint density at radius 3 is 2.10 bits per heavy atom. The lowest BCUT2D eigenvalue weighted by Gasteiger charge is -2.28. The fourth-order valence-electron chi connectivity index (χ4n) is 8.06. The molecule has 0 amide bonds. The molecule has 50 heavy (non-hydrogen) atoms. The standard InChI is InChI=1S/C46H28N2OS/c1-2-12-30(13-3-1)48-37-18-7-4-14-33(37)34-17-10-20-39(46(34)48)47(38-19-11-22-41-45(38)35-15-5-8-21-40(35)49-41)31-25-26-32-29(28-31)24-27-43-44(32)36-16-6-9-23-42(36)50-43/h1-28H. The van der Waals surface area contributed by atoms with E-state index in [2.05, 4.69) is 173 Å². The van der Waals surface area contributed by atoms with Crippen molar-refractivity contribution in [3.63, 3.8) is 0 Å². The largest absolute Gasteiger partial charge is 0.456 e. The Bertz CT molecular complexity index is 3110. The van der Waals surface area contributed by atoms with Crippen molar-refractivity contribution in [1.29, 1.82) is 0 Å². The lowest BCUT2D eigenvalue weighted by Crippen LogP contribution is -2.12. The van der Waals surface area contributed by atoms with E-state index in [9.17, 15) is 0 Å². The van der Waals surface area contributed by atoms with Gasteiger partial charge in [-0.05, 0) is 77.5 Å². The van der Waals surface area contributed by atoms with E-state index in [0.29, 0.717) is 0 Å². The average Bonchev–Trinajstić information content (AvgIpc) is 3.86. The van der Waals surface area contributed by atoms with Crippen LogP contribution in [0.1, 0.15) is 0 Å². The van der Waals surface area contributed by atoms with Crippen LogP contribution in [0, 0.1) is 0 Å². The van der Waals surface area contributed by atoms with Crippen LogP contribution in [0.2, 0.25) is 0 Å². The summed E-state index contributed by atoms with van der Waals surface area (Å²) in [5, 5.41) is 9.77. The molecule has 0 N–H and O–H groups in total. The van der Waals surface area contributed by atoms with Gasteiger partial charge in [-0.2, -0.15) is 0 Å². The van der Waals surface area contributed by atoms with Gasteiger partial charge in [0.25, 0.3) is 0 Å². The molecule has 0 aliphatic heterocycles. The minimum absolute atomic E-state index is 0.872. The van der Waals surface area contributed by atoms with Crippen molar-refractivity contribution in [1.82, 2.24) is 4.57 Å². The van der Waals surface area contributed by atoms with E-state index in [1.165, 1.54) is 47.2 Å². The molecule has 11 rings (SSSR count). The van der Waals surface area contributed by atoms with Gasteiger partial charge in [0, 0.05) is 47.7 Å². The van der Waals surface area contributed by atoms with Gasteiger partial charge in [0.05, 0.1) is 27.8 Å². The number of aromatic nitrogens is 1. The van der Waals surface area contributed by atoms with E-state index in [-0.39, 0.29) is 0 Å². The van der Waals surface area contributed by atoms with E-state index in [0.717, 1.165) is 50.2 Å². The summed E-state index contributed by atoms with van der Waals surface area (Å²) in [6.07, 6.45) is 0. The van der Waals surface area contributed by atoms with Gasteiger partial charge in [-0.15, -0.1) is 11.3 Å². The third-order valence-corrected chi connectivity index (χ3v) is 11.3. The summed E-state index contributed by atoms with van der Waals surface area (Å²) in [6, 6.07) is 61.3. The smallest absolute Gasteiger partial charge is 0.137 e. The number of nitrogens with zero attached hydrogens (tertiary/aromatic N) is 2. The predicted octanol–water partition coefficient (Wildman–Crippen LogP) is 13.7. The molecule has 0 saturated carbocycles. The molecule has 0 aliphatic carbocycles. The second kappa shape index (κ2) is 10.6. The summed E-state index contributed by atoms with van der Waals surface area (Å²) >= 11 is 1.86. The minimum Gasteiger partial charge on any atom is -0.456 e. The van der Waals surface area contributed by atoms with Crippen molar-refractivity contribution >= 4 is 103 Å². The summed E-state index contributed by atoms with van der Waals surface area (Å²) in [6.45, 7) is 0. The van der Waals surface area contributed by atoms with Gasteiger partial charge in [0.1, 0.15) is 11.2 Å². The van der Waals surface area contributed by atoms with Gasteiger partial charge >= 0.3 is 0 Å². The number of hydrogen-bond acceptors (Lipinski definition) is 3. The zero-order valence-electron chi connectivity index (χ0n) is 26.9. The first kappa shape index (κ1) is 27.6. The molecule has 8 aromatic carbocycles. The first-order chi connectivity index (χ1) is 24.8. The Kier molecular flexibility index (Phi) is 5.83. The molecule has 3 nitrogen and oxygen atoms in total. The summed E-state index contributed by atoms with van der Waals surface area (Å²) in [7, 11) is 0. The third kappa shape index (κ3) is 3.91. The highest BCUT2D eigenvalue weighted by atomic mass is 32.1. The van der Waals surface area contributed by atoms with Crippen LogP contribution in [-0.2, 0) is 0 Å². The zero-order valence-corrected chi connectivity index (χ0v) is 27.7. The van der Waals surface area contributed by atoms with Crippen LogP contribution in [0.4, 0.5) is 17.1 Å². The van der Waals surface area contributed by atoms with Crippen LogP contribution in [-0.4, -0.2) is 4.57 Å². The Balaban J connectivity index is 1.27. The van der Waals surface area contributed by atoms with Crippen molar-refractivity contribution in [2.75, 3.05) is 4.90 Å². The van der Waals surface area contributed by atoms with Gasteiger partial charge in [-0.3, -0.25) is 0 Å². The second-order valence-electron chi connectivity index (χ2n) is 12.9. The average molecular weight is 657 g/mol. The molecular weight excluding hydrogens is 629 g/mol. The zero-order chi connectivity index (χ0) is 32.8. The van der Waals surface area contributed by atoms with E-state index in [1.807, 2.05) is 17.4 Å². The number of benzene rings is 8. The highest BCUT2D eigenvalue weighted by Gasteiger charge is 2.24. The second-order valence-corrected chi connectivity index (χ2v) is 14.0. The number of hydrogen-bond donors (Lipinski definition) is 0. The molecule has 0 radical (unpaired) electrons. The SMILES string of the molecule is c1ccc(-n2c3ccccc3c3cccc(N(c4ccc5c(ccc6sc7ccccc7c65)c4)c4cccc5oc6ccccc6c45)c32)cc1. The third-order valence-electron chi connectivity index (χ3n) is 10.1. The fraction of sp³-hybridized carbons (Fsp3) is 0. The molecule has 0 aliphatic rings. The fourth-order valence-corrected chi connectivity index (χ4v) is 9.18. The van der Waals surface area contributed by atoms with Gasteiger partial charge < -0.3 is 13.9 Å². The number of anilines is 3. The number of furan rings is 1. The molecule has 0 atom stereocenters. The van der Waals surface area contributed by atoms with Crippen LogP contribution >= 0.6 is 11.3 Å². The molecule has 0 saturated heterocycles. The van der Waals surface area contributed by atoms with Gasteiger partial charge in [0.2, 0.25) is 0 Å². The maximum absolute atomic E-state index is 6.46. The quantitative estimate of drug-likeness (QED) is 0.188. The number of thiophene rings is 1. The first-order valence-electron chi connectivity index (χ1n) is 16.9. The molecule has 3 aromatic heterocycles. The topological polar surface area (TPSA) is 21.3 Å². The highest BCUT2D eigenvalue weighted by molar-refractivity contribution is 7.26. The van der Waals surface area contributed by atoms with Crippen LogP contribution < -0.4 is 4.90 Å². The molecule has 0 bridgehead atoms. The van der Waals surface area contributed by atoms with Crippen LogP contribution in [0.5, 0.6) is 0 Å². The van der Waals surface area contributed by atoms with E-state index >= 15 is 0 Å². The molecule has 234 valence electrons. The van der Waals surface area contributed by atoms with Crippen molar-refractivity contribution < 1.29 is 4.42 Å². The Hall–Kier alpha value is -6.36. The highest BCUT2D eigenvalue weighted by Crippen LogP contribution is 2.48. The lowest BCUT2D eigenvalue weighted by molar-refractivity contribution is 0.669. The normalized spacial score (nSPS) is 12.0. The summed E-state index contributed by atoms with van der Waals surface area (Å²) in [5.41, 5.74) is 8.48. The number of fused-ring (bicyclic) bond motifs is 11. The van der Waals surface area contributed by atoms with Crippen LogP contribution in [0.3, 0.4) is 0 Å². The molecule has 3 heterocycles. The molecule has 0 unspecified atom stereocenters. The molecule has 0 spiro atoms. The monoisotopic (exact) mass is 656 g/mol. The summed E-state index contributed by atoms with van der Waals surface area (Å²) in [4.78, 5) is 2.44. The first-order valence-corrected chi connectivity index (χ1v) is 17.8. The van der Waals surface area contributed by atoms with Crippen LogP contribution in [0.25, 0.3) is 80.4 Å². The number of rotatable bonds is 4. The van der Waals surface area contributed by atoms with E-state index in [1.54, 1.807) is 0 Å². The lowest BCUT2D eigenvalue weighted by atomic mass is 10.0. The number of para-hydroxylation sites is 4. The summed E-state index contributed by atoms with van der Waals surface area (Å²) in [5.74, 6) is 0. The van der Waals surface area contributed by atoms with Crippen LogP contribution in [0.15, 0.2) is 174 Å². The Labute approximate surface area is 291 Å². The maximum Gasteiger partial charge on any atom is 0.137 e. The molecular formula is C46H28N2OS. The van der Waals surface area contributed by atoms with E-state index < -0.39 is 0 Å². The van der Waals surface area contributed by atoms with Crippen molar-refractivity contribution in [3.05, 3.63) is 170 Å². The Morgan fingerprint density at radius 1 is 0.460 bits per heavy atom. The van der Waals surface area contributed by atoms with Gasteiger partial charge in [-0.1, -0.05) is 103 Å². The molecule has 0 fully saturated rings. The summed E-state index contributed by atoms with van der Waals surface area (Å²) < 4.78 is 11.5. The molecule has 11 aromatic rings.